The van der Waals surface area contributed by atoms with Crippen LogP contribution in [0.5, 0.6) is 0 Å². The number of hydrogen-bond donors (Lipinski definition) is 1. The van der Waals surface area contributed by atoms with E-state index in [2.05, 4.69) is 112 Å². The van der Waals surface area contributed by atoms with Gasteiger partial charge in [0.05, 0.1) is 16.9 Å². The van der Waals surface area contributed by atoms with Crippen molar-refractivity contribution in [3.63, 3.8) is 0 Å². The smallest absolute Gasteiger partial charge is 0.113 e. The van der Waals surface area contributed by atoms with Gasteiger partial charge < -0.3 is 4.90 Å². The average Bonchev–Trinajstić information content (AvgIpc) is 3.44. The molecule has 6 rings (SSSR count). The molecule has 3 aromatic carbocycles. The number of pyridine rings is 2. The van der Waals surface area contributed by atoms with Crippen molar-refractivity contribution < 1.29 is 0 Å². The molecule has 4 nitrogen and oxygen atoms in total. The van der Waals surface area contributed by atoms with Crippen molar-refractivity contribution in [3.8, 4) is 11.3 Å². The number of aromatic nitrogens is 2. The molecule has 178 valence electrons. The van der Waals surface area contributed by atoms with Crippen LogP contribution in [0.1, 0.15) is 23.5 Å². The number of benzene rings is 3. The summed E-state index contributed by atoms with van der Waals surface area (Å²) in [5.41, 5.74) is 7.87. The lowest BCUT2D eigenvalue weighted by Gasteiger charge is -2.20. The van der Waals surface area contributed by atoms with Gasteiger partial charge in [0.2, 0.25) is 0 Å². The third-order valence-electron chi connectivity index (χ3n) is 6.80. The van der Waals surface area contributed by atoms with E-state index in [1.807, 2.05) is 12.3 Å². The normalized spacial score (nSPS) is 15.4. The van der Waals surface area contributed by atoms with Crippen LogP contribution in [0.4, 0.5) is 5.69 Å². The molecule has 0 spiro atoms. The molecule has 3 heterocycles. The van der Waals surface area contributed by atoms with Gasteiger partial charge in [0, 0.05) is 42.2 Å². The van der Waals surface area contributed by atoms with E-state index < -0.39 is 0 Å². The second kappa shape index (κ2) is 10.5. The number of nitrogens with zero attached hydrogens (tertiary/aromatic N) is 3. The third-order valence-corrected chi connectivity index (χ3v) is 7.58. The van der Waals surface area contributed by atoms with Gasteiger partial charge in [-0.1, -0.05) is 72.8 Å². The summed E-state index contributed by atoms with van der Waals surface area (Å²) in [5, 5.41) is 0. The molecule has 0 aliphatic carbocycles. The Balaban J connectivity index is 1.23. The first-order valence-electron chi connectivity index (χ1n) is 12.4. The van der Waals surface area contributed by atoms with Gasteiger partial charge in [-0.25, -0.2) is 4.98 Å². The van der Waals surface area contributed by atoms with Gasteiger partial charge in [-0.15, -0.1) is 0 Å². The highest BCUT2D eigenvalue weighted by Crippen LogP contribution is 2.34. The van der Waals surface area contributed by atoms with Crippen LogP contribution in [0.2, 0.25) is 0 Å². The van der Waals surface area contributed by atoms with Crippen molar-refractivity contribution in [2.45, 2.75) is 23.8 Å². The van der Waals surface area contributed by atoms with Crippen LogP contribution < -0.4 is 9.62 Å². The van der Waals surface area contributed by atoms with Crippen molar-refractivity contribution in [2.75, 3.05) is 18.0 Å². The van der Waals surface area contributed by atoms with E-state index in [9.17, 15) is 0 Å². The third kappa shape index (κ3) is 4.99. The van der Waals surface area contributed by atoms with Gasteiger partial charge in [-0.2, -0.15) is 0 Å². The second-order valence-electron chi connectivity index (χ2n) is 9.17. The van der Waals surface area contributed by atoms with Gasteiger partial charge >= 0.3 is 0 Å². The minimum atomic E-state index is 0.551. The first kappa shape index (κ1) is 22.8. The molecule has 0 radical (unpaired) electrons. The van der Waals surface area contributed by atoms with E-state index in [1.165, 1.54) is 21.7 Å². The molecular formula is C31H28N4S. The van der Waals surface area contributed by atoms with Crippen LogP contribution in [-0.2, 0) is 6.54 Å². The minimum absolute atomic E-state index is 0.551. The lowest BCUT2D eigenvalue weighted by Crippen LogP contribution is -2.19. The Hall–Kier alpha value is -3.67. The van der Waals surface area contributed by atoms with E-state index in [4.69, 9.17) is 4.98 Å². The standard InChI is InChI=1S/C31H28N4S/c1-3-8-23(9-4-1)21-33-36-27-13-7-12-25(20-27)28-14-15-29-31(34-28)30(16-18-32-29)35-19-17-26(22-35)24-10-5-2-6-11-24/h1-16,18,20,26,33H,17,19,21-22H2. The van der Waals surface area contributed by atoms with Crippen LogP contribution >= 0.6 is 11.9 Å². The zero-order valence-corrected chi connectivity index (χ0v) is 20.9. The molecule has 0 amide bonds. The highest BCUT2D eigenvalue weighted by atomic mass is 32.2. The van der Waals surface area contributed by atoms with E-state index in [0.717, 1.165) is 48.3 Å². The fourth-order valence-corrected chi connectivity index (χ4v) is 5.66. The number of rotatable bonds is 7. The molecule has 2 aromatic heterocycles. The Kier molecular flexibility index (Phi) is 6.66. The van der Waals surface area contributed by atoms with Crippen molar-refractivity contribution in [1.29, 1.82) is 0 Å². The molecular weight excluding hydrogens is 460 g/mol. The molecule has 36 heavy (non-hydrogen) atoms. The molecule has 1 aliphatic rings. The van der Waals surface area contributed by atoms with Crippen LogP contribution in [0, 0.1) is 0 Å². The van der Waals surface area contributed by atoms with E-state index >= 15 is 0 Å². The lowest BCUT2D eigenvalue weighted by atomic mass is 9.99. The first-order valence-corrected chi connectivity index (χ1v) is 13.2. The van der Waals surface area contributed by atoms with Crippen molar-refractivity contribution >= 4 is 28.7 Å². The maximum Gasteiger partial charge on any atom is 0.113 e. The molecule has 1 unspecified atom stereocenters. The molecule has 5 aromatic rings. The summed E-state index contributed by atoms with van der Waals surface area (Å²) in [4.78, 5) is 13.4. The van der Waals surface area contributed by atoms with Crippen LogP contribution in [-0.4, -0.2) is 23.1 Å². The van der Waals surface area contributed by atoms with Crippen molar-refractivity contribution in [2.24, 2.45) is 0 Å². The Morgan fingerprint density at radius 1 is 0.861 bits per heavy atom. The van der Waals surface area contributed by atoms with Crippen LogP contribution in [0.25, 0.3) is 22.3 Å². The predicted molar refractivity (Wildman–Crippen MR) is 150 cm³/mol. The number of fused-ring (bicyclic) bond motifs is 1. The summed E-state index contributed by atoms with van der Waals surface area (Å²) in [5.74, 6) is 0.551. The Morgan fingerprint density at radius 3 is 2.56 bits per heavy atom. The molecule has 5 heteroatoms. The maximum absolute atomic E-state index is 5.12. The molecule has 1 saturated heterocycles. The maximum atomic E-state index is 5.12. The summed E-state index contributed by atoms with van der Waals surface area (Å²) in [6, 6.07) is 36.2. The SMILES string of the molecule is c1ccc(CNSc2cccc(-c3ccc4nccc(N5CCC(c6ccccc6)C5)c4n3)c2)cc1. The molecule has 0 bridgehead atoms. The van der Waals surface area contributed by atoms with Crippen molar-refractivity contribution in [1.82, 2.24) is 14.7 Å². The topological polar surface area (TPSA) is 41.1 Å². The highest BCUT2D eigenvalue weighted by Gasteiger charge is 2.25. The quantitative estimate of drug-likeness (QED) is 0.248. The van der Waals surface area contributed by atoms with Gasteiger partial charge in [0.25, 0.3) is 0 Å². The number of anilines is 1. The van der Waals surface area contributed by atoms with Gasteiger partial charge in [-0.3, -0.25) is 9.71 Å². The molecule has 1 atom stereocenters. The lowest BCUT2D eigenvalue weighted by molar-refractivity contribution is 0.775. The predicted octanol–water partition coefficient (Wildman–Crippen LogP) is 7.09. The fourth-order valence-electron chi connectivity index (χ4n) is 4.92. The Morgan fingerprint density at radius 2 is 1.69 bits per heavy atom. The zero-order valence-electron chi connectivity index (χ0n) is 20.0. The summed E-state index contributed by atoms with van der Waals surface area (Å²) in [6.45, 7) is 2.86. The van der Waals surface area contributed by atoms with Crippen molar-refractivity contribution in [3.05, 3.63) is 120 Å². The Bertz CT molecular complexity index is 1460. The number of nitrogens with one attached hydrogen (secondary N) is 1. The van der Waals surface area contributed by atoms with E-state index in [0.29, 0.717) is 5.92 Å². The summed E-state index contributed by atoms with van der Waals surface area (Å²) < 4.78 is 3.47. The Labute approximate surface area is 216 Å². The second-order valence-corrected chi connectivity index (χ2v) is 10.1. The molecule has 1 N–H and O–H groups in total. The largest absolute Gasteiger partial charge is 0.369 e. The van der Waals surface area contributed by atoms with Gasteiger partial charge in [0.15, 0.2) is 0 Å². The van der Waals surface area contributed by atoms with Crippen LogP contribution in [0.15, 0.2) is 114 Å². The average molecular weight is 489 g/mol. The van der Waals surface area contributed by atoms with E-state index in [1.54, 1.807) is 11.9 Å². The monoisotopic (exact) mass is 488 g/mol. The molecule has 0 saturated carbocycles. The molecule has 1 fully saturated rings. The highest BCUT2D eigenvalue weighted by molar-refractivity contribution is 7.97. The summed E-state index contributed by atoms with van der Waals surface area (Å²) >= 11 is 1.65. The zero-order chi connectivity index (χ0) is 24.2. The van der Waals surface area contributed by atoms with Gasteiger partial charge in [-0.05, 0) is 59.8 Å². The summed E-state index contributed by atoms with van der Waals surface area (Å²) in [7, 11) is 0. The van der Waals surface area contributed by atoms with Gasteiger partial charge in [0.1, 0.15) is 5.52 Å². The summed E-state index contributed by atoms with van der Waals surface area (Å²) in [6.07, 6.45) is 3.06. The molecule has 1 aliphatic heterocycles. The van der Waals surface area contributed by atoms with Crippen LogP contribution in [0.3, 0.4) is 0 Å². The first-order chi connectivity index (χ1) is 17.8. The fraction of sp³-hybridized carbons (Fsp3) is 0.161. The number of hydrogen-bond acceptors (Lipinski definition) is 5. The minimum Gasteiger partial charge on any atom is -0.369 e. The van der Waals surface area contributed by atoms with E-state index in [-0.39, 0.29) is 0 Å².